The maximum absolute atomic E-state index is 12.5. The minimum absolute atomic E-state index is 0.0219. The van der Waals surface area contributed by atoms with E-state index in [0.29, 0.717) is 5.56 Å². The fourth-order valence-electron chi connectivity index (χ4n) is 1.67. The summed E-state index contributed by atoms with van der Waals surface area (Å²) in [5.74, 6) is 0. The molecule has 0 heterocycles. The minimum atomic E-state index is -4.02. The summed E-state index contributed by atoms with van der Waals surface area (Å²) in [5.41, 5.74) is 0.607. The fraction of sp³-hybridized carbons (Fsp3) is 0. The highest BCUT2D eigenvalue weighted by Gasteiger charge is 2.24. The van der Waals surface area contributed by atoms with Gasteiger partial charge in [0.25, 0.3) is 0 Å². The van der Waals surface area contributed by atoms with Crippen LogP contribution in [0.15, 0.2) is 58.3 Å². The first kappa shape index (κ1) is 15.6. The summed E-state index contributed by atoms with van der Waals surface area (Å²) in [5, 5.41) is 9.42. The molecule has 0 fully saturated rings. The van der Waals surface area contributed by atoms with E-state index in [1.165, 1.54) is 24.3 Å². The second kappa shape index (κ2) is 6.31. The number of rotatable bonds is 3. The molecule has 0 radical (unpaired) electrons. The predicted molar refractivity (Wildman–Crippen MR) is 83.7 cm³/mol. The average molecular weight is 338 g/mol. The van der Waals surface area contributed by atoms with Crippen LogP contribution in [0.3, 0.4) is 0 Å². The third-order valence-electron chi connectivity index (χ3n) is 2.68. The number of benzene rings is 2. The van der Waals surface area contributed by atoms with E-state index in [2.05, 4.69) is 0 Å². The normalized spacial score (nSPS) is 12.0. The van der Waals surface area contributed by atoms with Gasteiger partial charge in [-0.15, -0.1) is 0 Å². The first-order chi connectivity index (χ1) is 9.95. The van der Waals surface area contributed by atoms with E-state index in [0.717, 1.165) is 0 Å². The van der Waals surface area contributed by atoms with Gasteiger partial charge in [0.2, 0.25) is 9.84 Å². The van der Waals surface area contributed by atoms with Gasteiger partial charge in [0.15, 0.2) is 0 Å². The lowest BCUT2D eigenvalue weighted by Crippen LogP contribution is -2.04. The molecule has 0 bridgehead atoms. The number of nitrogens with zero attached hydrogens (tertiary/aromatic N) is 1. The number of halogens is 2. The van der Waals surface area contributed by atoms with Crippen molar-refractivity contribution in [2.24, 2.45) is 0 Å². The molecule has 0 amide bonds. The standard InChI is InChI=1S/C15H9Cl2NO2S/c16-12-6-7-14(17)15(9-12)21(19,20)13(10-18)8-11-4-2-1-3-5-11/h1-9H/b13-8+. The molecule has 0 N–H and O–H groups in total. The van der Waals surface area contributed by atoms with E-state index >= 15 is 0 Å². The van der Waals surface area contributed by atoms with Gasteiger partial charge in [0, 0.05) is 5.02 Å². The largest absolute Gasteiger partial charge is 0.218 e. The average Bonchev–Trinajstić information content (AvgIpc) is 2.48. The Morgan fingerprint density at radius 1 is 1.10 bits per heavy atom. The molecule has 0 aliphatic carbocycles. The molecular formula is C15H9Cl2NO2S. The van der Waals surface area contributed by atoms with Crippen LogP contribution < -0.4 is 0 Å². The summed E-state index contributed by atoms with van der Waals surface area (Å²) in [6, 6.07) is 14.5. The Morgan fingerprint density at radius 2 is 1.76 bits per heavy atom. The van der Waals surface area contributed by atoms with Crippen LogP contribution >= 0.6 is 23.2 Å². The number of sulfone groups is 1. The van der Waals surface area contributed by atoms with Gasteiger partial charge in [-0.3, -0.25) is 0 Å². The third-order valence-corrected chi connectivity index (χ3v) is 5.06. The molecule has 2 aromatic carbocycles. The van der Waals surface area contributed by atoms with Crippen molar-refractivity contribution in [3.8, 4) is 6.07 Å². The van der Waals surface area contributed by atoms with Crippen molar-refractivity contribution in [1.29, 1.82) is 5.26 Å². The summed E-state index contributed by atoms with van der Waals surface area (Å²) in [6.07, 6.45) is 1.30. The van der Waals surface area contributed by atoms with Gasteiger partial charge >= 0.3 is 0 Å². The molecular weight excluding hydrogens is 329 g/mol. The second-order valence-electron chi connectivity index (χ2n) is 4.11. The van der Waals surface area contributed by atoms with E-state index in [-0.39, 0.29) is 14.9 Å². The first-order valence-electron chi connectivity index (χ1n) is 5.82. The molecule has 0 spiro atoms. The van der Waals surface area contributed by atoms with Crippen molar-refractivity contribution in [2.45, 2.75) is 4.90 Å². The second-order valence-corrected chi connectivity index (χ2v) is 6.84. The summed E-state index contributed by atoms with van der Waals surface area (Å²) >= 11 is 11.7. The lowest BCUT2D eigenvalue weighted by atomic mass is 10.2. The van der Waals surface area contributed by atoms with E-state index < -0.39 is 14.7 Å². The summed E-state index contributed by atoms with van der Waals surface area (Å²) in [6.45, 7) is 0. The summed E-state index contributed by atoms with van der Waals surface area (Å²) in [4.78, 5) is -0.571. The molecule has 2 rings (SSSR count). The molecule has 0 aliphatic rings. The zero-order valence-corrected chi connectivity index (χ0v) is 13.0. The highest BCUT2D eigenvalue weighted by atomic mass is 35.5. The maximum Gasteiger partial charge on any atom is 0.218 e. The Hall–Kier alpha value is -1.80. The van der Waals surface area contributed by atoms with Crippen LogP contribution in [0.25, 0.3) is 6.08 Å². The smallest absolute Gasteiger partial charge is 0.218 e. The van der Waals surface area contributed by atoms with Crippen molar-refractivity contribution in [3.05, 3.63) is 69.0 Å². The molecule has 2 aromatic rings. The zero-order chi connectivity index (χ0) is 15.5. The number of nitriles is 1. The van der Waals surface area contributed by atoms with E-state index in [4.69, 9.17) is 23.2 Å². The number of hydrogen-bond acceptors (Lipinski definition) is 3. The monoisotopic (exact) mass is 337 g/mol. The highest BCUT2D eigenvalue weighted by Crippen LogP contribution is 2.30. The van der Waals surface area contributed by atoms with E-state index in [1.807, 2.05) is 0 Å². The third kappa shape index (κ3) is 3.45. The van der Waals surface area contributed by atoms with Crippen LogP contribution in [0.4, 0.5) is 0 Å². The first-order valence-corrected chi connectivity index (χ1v) is 8.06. The van der Waals surface area contributed by atoms with Crippen LogP contribution in [-0.2, 0) is 9.84 Å². The van der Waals surface area contributed by atoms with Crippen molar-refractivity contribution in [3.63, 3.8) is 0 Å². The van der Waals surface area contributed by atoms with E-state index in [9.17, 15) is 13.7 Å². The predicted octanol–water partition coefficient (Wildman–Crippen LogP) is 4.33. The van der Waals surface area contributed by atoms with Crippen molar-refractivity contribution < 1.29 is 8.42 Å². The number of hydrogen-bond donors (Lipinski definition) is 0. The lowest BCUT2D eigenvalue weighted by Gasteiger charge is -2.06. The van der Waals surface area contributed by atoms with Crippen LogP contribution in [0, 0.1) is 11.3 Å². The highest BCUT2D eigenvalue weighted by molar-refractivity contribution is 7.95. The molecule has 0 unspecified atom stereocenters. The van der Waals surface area contributed by atoms with Gasteiger partial charge in [-0.25, -0.2) is 8.42 Å². The molecule has 0 aliphatic heterocycles. The Bertz CT molecular complexity index is 838. The van der Waals surface area contributed by atoms with Crippen molar-refractivity contribution in [1.82, 2.24) is 0 Å². The lowest BCUT2D eigenvalue weighted by molar-refractivity contribution is 0.603. The van der Waals surface area contributed by atoms with Crippen LogP contribution in [0.1, 0.15) is 5.56 Å². The van der Waals surface area contributed by atoms with Gasteiger partial charge in [-0.2, -0.15) is 5.26 Å². The Morgan fingerprint density at radius 3 is 2.38 bits per heavy atom. The van der Waals surface area contributed by atoms with Gasteiger partial charge in [0.05, 0.1) is 9.92 Å². The van der Waals surface area contributed by atoms with Gasteiger partial charge < -0.3 is 0 Å². The molecule has 6 heteroatoms. The van der Waals surface area contributed by atoms with Crippen molar-refractivity contribution >= 4 is 39.1 Å². The zero-order valence-electron chi connectivity index (χ0n) is 10.6. The quantitative estimate of drug-likeness (QED) is 0.783. The van der Waals surface area contributed by atoms with Crippen LogP contribution in [-0.4, -0.2) is 8.42 Å². The summed E-state index contributed by atoms with van der Waals surface area (Å²) in [7, 11) is -4.02. The topological polar surface area (TPSA) is 57.9 Å². The molecule has 3 nitrogen and oxygen atoms in total. The summed E-state index contributed by atoms with van der Waals surface area (Å²) < 4.78 is 25.0. The molecule has 106 valence electrons. The Balaban J connectivity index is 2.59. The molecule has 21 heavy (non-hydrogen) atoms. The number of allylic oxidation sites excluding steroid dienone is 1. The van der Waals surface area contributed by atoms with Crippen LogP contribution in [0.5, 0.6) is 0 Å². The molecule has 0 saturated carbocycles. The SMILES string of the molecule is N#C/C(=C\c1ccccc1)S(=O)(=O)c1cc(Cl)ccc1Cl. The Kier molecular flexibility index (Phi) is 4.69. The molecule has 0 saturated heterocycles. The van der Waals surface area contributed by atoms with Gasteiger partial charge in [-0.1, -0.05) is 53.5 Å². The van der Waals surface area contributed by atoms with Gasteiger partial charge in [0.1, 0.15) is 11.0 Å². The fourth-order valence-corrected chi connectivity index (χ4v) is 3.59. The Labute approximate surface area is 133 Å². The minimum Gasteiger partial charge on any atom is -0.218 e. The van der Waals surface area contributed by atoms with Gasteiger partial charge in [-0.05, 0) is 29.8 Å². The molecule has 0 atom stereocenters. The van der Waals surface area contributed by atoms with E-state index in [1.54, 1.807) is 36.4 Å². The van der Waals surface area contributed by atoms with Crippen LogP contribution in [0.2, 0.25) is 10.0 Å². The van der Waals surface area contributed by atoms with Crippen molar-refractivity contribution in [2.75, 3.05) is 0 Å². The maximum atomic E-state index is 12.5. The molecule has 0 aromatic heterocycles.